The van der Waals surface area contributed by atoms with E-state index in [4.69, 9.17) is 5.11 Å². The Labute approximate surface area is 124 Å². The summed E-state index contributed by atoms with van der Waals surface area (Å²) in [6.45, 7) is 1.58. The lowest BCUT2D eigenvalue weighted by molar-refractivity contribution is 0.0696. The monoisotopic (exact) mass is 339 g/mol. The molecule has 0 atom stereocenters. The minimum absolute atomic E-state index is 0.337. The normalized spacial score (nSPS) is 10.9. The smallest absolute Gasteiger partial charge is 0.335 e. The van der Waals surface area contributed by atoms with Crippen LogP contribution in [-0.4, -0.2) is 23.0 Å². The van der Waals surface area contributed by atoms with Gasteiger partial charge in [-0.05, 0) is 57.7 Å². The van der Waals surface area contributed by atoms with E-state index in [1.54, 1.807) is 29.5 Å². The van der Waals surface area contributed by atoms with Crippen molar-refractivity contribution in [3.8, 4) is 0 Å². The molecule has 5 heteroatoms. The molecule has 0 saturated carbocycles. The SMILES string of the molecule is CN(Cc1cccc(C(=O)O)c1)Cc1csc(Br)c1. The highest BCUT2D eigenvalue weighted by molar-refractivity contribution is 9.11. The summed E-state index contributed by atoms with van der Waals surface area (Å²) < 4.78 is 1.13. The summed E-state index contributed by atoms with van der Waals surface area (Å²) in [5.74, 6) is -0.883. The van der Waals surface area contributed by atoms with Crippen molar-refractivity contribution in [1.29, 1.82) is 0 Å². The average Bonchev–Trinajstić information content (AvgIpc) is 2.74. The van der Waals surface area contributed by atoms with E-state index in [1.165, 1.54) is 5.56 Å². The molecule has 0 amide bonds. The van der Waals surface area contributed by atoms with Gasteiger partial charge in [0.05, 0.1) is 9.35 Å². The minimum atomic E-state index is -0.883. The van der Waals surface area contributed by atoms with Crippen LogP contribution in [-0.2, 0) is 13.1 Å². The lowest BCUT2D eigenvalue weighted by Gasteiger charge is -2.16. The predicted molar refractivity (Wildman–Crippen MR) is 80.6 cm³/mol. The Bertz CT molecular complexity index is 582. The largest absolute Gasteiger partial charge is 0.478 e. The Morgan fingerprint density at radius 3 is 2.68 bits per heavy atom. The summed E-state index contributed by atoms with van der Waals surface area (Å²) in [6, 6.07) is 9.18. The fraction of sp³-hybridized carbons (Fsp3) is 0.214. The zero-order valence-corrected chi connectivity index (χ0v) is 12.9. The average molecular weight is 340 g/mol. The Morgan fingerprint density at radius 1 is 1.32 bits per heavy atom. The van der Waals surface area contributed by atoms with Crippen LogP contribution in [0.1, 0.15) is 21.5 Å². The Morgan fingerprint density at radius 2 is 2.05 bits per heavy atom. The first-order valence-electron chi connectivity index (χ1n) is 5.78. The Balaban J connectivity index is 2.00. The maximum atomic E-state index is 10.9. The highest BCUT2D eigenvalue weighted by atomic mass is 79.9. The molecule has 100 valence electrons. The summed E-state index contributed by atoms with van der Waals surface area (Å²) in [5, 5.41) is 11.1. The van der Waals surface area contributed by atoms with Crippen LogP contribution in [0, 0.1) is 0 Å². The molecule has 0 aliphatic rings. The van der Waals surface area contributed by atoms with Gasteiger partial charge in [0, 0.05) is 13.1 Å². The Kier molecular flexibility index (Phi) is 4.74. The van der Waals surface area contributed by atoms with E-state index in [0.29, 0.717) is 5.56 Å². The molecule has 3 nitrogen and oxygen atoms in total. The topological polar surface area (TPSA) is 40.5 Å². The Hall–Kier alpha value is -1.17. The zero-order chi connectivity index (χ0) is 13.8. The minimum Gasteiger partial charge on any atom is -0.478 e. The number of aromatic carboxylic acids is 1. The van der Waals surface area contributed by atoms with Gasteiger partial charge in [-0.25, -0.2) is 4.79 Å². The molecule has 1 N–H and O–H groups in total. The van der Waals surface area contributed by atoms with Crippen molar-refractivity contribution in [1.82, 2.24) is 4.90 Å². The van der Waals surface area contributed by atoms with Crippen molar-refractivity contribution >= 4 is 33.2 Å². The van der Waals surface area contributed by atoms with Gasteiger partial charge in [-0.1, -0.05) is 12.1 Å². The highest BCUT2D eigenvalue weighted by Crippen LogP contribution is 2.22. The number of thiophene rings is 1. The molecule has 1 aromatic heterocycles. The van der Waals surface area contributed by atoms with Crippen LogP contribution >= 0.6 is 27.3 Å². The number of carbonyl (C=O) groups is 1. The predicted octanol–water partition coefficient (Wildman–Crippen LogP) is 3.84. The highest BCUT2D eigenvalue weighted by Gasteiger charge is 2.06. The van der Waals surface area contributed by atoms with Gasteiger partial charge >= 0.3 is 5.97 Å². The molecular formula is C14H14BrNO2S. The van der Waals surface area contributed by atoms with Crippen molar-refractivity contribution < 1.29 is 9.90 Å². The van der Waals surface area contributed by atoms with Gasteiger partial charge in [0.1, 0.15) is 0 Å². The lowest BCUT2D eigenvalue weighted by Crippen LogP contribution is -2.17. The van der Waals surface area contributed by atoms with E-state index in [2.05, 4.69) is 32.3 Å². The van der Waals surface area contributed by atoms with Crippen LogP contribution in [0.4, 0.5) is 0 Å². The van der Waals surface area contributed by atoms with Crippen LogP contribution in [0.25, 0.3) is 0 Å². The lowest BCUT2D eigenvalue weighted by atomic mass is 10.1. The number of hydrogen-bond donors (Lipinski definition) is 1. The first kappa shape index (κ1) is 14.2. The second-order valence-corrected chi connectivity index (χ2v) is 6.73. The standard InChI is InChI=1S/C14H14BrNO2S/c1-16(8-11-6-13(15)19-9-11)7-10-3-2-4-12(5-10)14(17)18/h2-6,9H,7-8H2,1H3,(H,17,18). The fourth-order valence-corrected chi connectivity index (χ4v) is 3.11. The number of carboxylic acids is 1. The summed E-state index contributed by atoms with van der Waals surface area (Å²) >= 11 is 5.12. The molecule has 1 aromatic carbocycles. The van der Waals surface area contributed by atoms with Crippen LogP contribution in [0.5, 0.6) is 0 Å². The summed E-state index contributed by atoms with van der Waals surface area (Å²) in [5.41, 5.74) is 2.61. The molecule has 0 spiro atoms. The van der Waals surface area contributed by atoms with Crippen molar-refractivity contribution in [2.45, 2.75) is 13.1 Å². The van der Waals surface area contributed by atoms with Crippen molar-refractivity contribution in [3.63, 3.8) is 0 Å². The fourth-order valence-electron chi connectivity index (χ4n) is 1.91. The van der Waals surface area contributed by atoms with Crippen molar-refractivity contribution in [2.24, 2.45) is 0 Å². The third kappa shape index (κ3) is 4.16. The third-order valence-corrected chi connectivity index (χ3v) is 4.25. The van der Waals surface area contributed by atoms with E-state index < -0.39 is 5.97 Å². The van der Waals surface area contributed by atoms with E-state index in [0.717, 1.165) is 22.4 Å². The van der Waals surface area contributed by atoms with Gasteiger partial charge in [-0.15, -0.1) is 11.3 Å². The molecule has 0 fully saturated rings. The van der Waals surface area contributed by atoms with Gasteiger partial charge in [-0.3, -0.25) is 4.90 Å². The molecule has 0 radical (unpaired) electrons. The quantitative estimate of drug-likeness (QED) is 0.899. The molecule has 2 aromatic rings. The first-order valence-corrected chi connectivity index (χ1v) is 7.45. The first-order chi connectivity index (χ1) is 9.04. The molecule has 19 heavy (non-hydrogen) atoms. The zero-order valence-electron chi connectivity index (χ0n) is 10.5. The van der Waals surface area contributed by atoms with E-state index in [9.17, 15) is 4.79 Å². The molecule has 0 aliphatic heterocycles. The molecule has 0 saturated heterocycles. The van der Waals surface area contributed by atoms with Crippen molar-refractivity contribution in [2.75, 3.05) is 7.05 Å². The van der Waals surface area contributed by atoms with E-state index >= 15 is 0 Å². The molecule has 0 aliphatic carbocycles. The van der Waals surface area contributed by atoms with Gasteiger partial charge in [0.2, 0.25) is 0 Å². The number of carboxylic acid groups (broad SMARTS) is 1. The number of hydrogen-bond acceptors (Lipinski definition) is 3. The maximum Gasteiger partial charge on any atom is 0.335 e. The molecular weight excluding hydrogens is 326 g/mol. The second kappa shape index (κ2) is 6.32. The van der Waals surface area contributed by atoms with E-state index in [1.807, 2.05) is 13.1 Å². The summed E-state index contributed by atoms with van der Waals surface area (Å²) in [6.07, 6.45) is 0. The van der Waals surface area contributed by atoms with Gasteiger partial charge < -0.3 is 5.11 Å². The van der Waals surface area contributed by atoms with Crippen LogP contribution < -0.4 is 0 Å². The summed E-state index contributed by atoms with van der Waals surface area (Å²) in [4.78, 5) is 13.1. The van der Waals surface area contributed by atoms with Gasteiger partial charge in [0.15, 0.2) is 0 Å². The third-order valence-electron chi connectivity index (χ3n) is 2.70. The van der Waals surface area contributed by atoms with E-state index in [-0.39, 0.29) is 0 Å². The number of nitrogens with zero attached hydrogens (tertiary/aromatic N) is 1. The van der Waals surface area contributed by atoms with Crippen LogP contribution in [0.3, 0.4) is 0 Å². The second-order valence-electron chi connectivity index (χ2n) is 4.44. The molecule has 0 unspecified atom stereocenters. The number of rotatable bonds is 5. The maximum absolute atomic E-state index is 10.9. The number of halogens is 1. The van der Waals surface area contributed by atoms with Crippen LogP contribution in [0.2, 0.25) is 0 Å². The molecule has 0 bridgehead atoms. The molecule has 1 heterocycles. The summed E-state index contributed by atoms with van der Waals surface area (Å²) in [7, 11) is 2.03. The molecule has 2 rings (SSSR count). The van der Waals surface area contributed by atoms with Gasteiger partial charge in [-0.2, -0.15) is 0 Å². The van der Waals surface area contributed by atoms with Gasteiger partial charge in [0.25, 0.3) is 0 Å². The van der Waals surface area contributed by atoms with Crippen LogP contribution in [0.15, 0.2) is 39.5 Å². The van der Waals surface area contributed by atoms with Crippen molar-refractivity contribution in [3.05, 3.63) is 56.2 Å². The number of benzene rings is 1.